The highest BCUT2D eigenvalue weighted by Crippen LogP contribution is 2.36. The van der Waals surface area contributed by atoms with Gasteiger partial charge < -0.3 is 25.4 Å². The van der Waals surface area contributed by atoms with Crippen LogP contribution in [-0.4, -0.2) is 54.7 Å². The van der Waals surface area contributed by atoms with Crippen molar-refractivity contribution in [2.75, 3.05) is 50.2 Å². The molecule has 4 rings (SSSR count). The normalized spacial score (nSPS) is 21.1. The molecule has 0 amide bonds. The molecule has 0 radical (unpaired) electrons. The molecule has 7 nitrogen and oxygen atoms in total. The molecule has 1 aliphatic heterocycles. The van der Waals surface area contributed by atoms with Crippen LogP contribution in [0.2, 0.25) is 0 Å². The van der Waals surface area contributed by atoms with Gasteiger partial charge in [-0.25, -0.2) is 0 Å². The third-order valence-electron chi connectivity index (χ3n) is 7.54. The van der Waals surface area contributed by atoms with Crippen molar-refractivity contribution >= 4 is 23.4 Å². The van der Waals surface area contributed by atoms with Crippen LogP contribution in [0.4, 0.5) is 11.6 Å². The lowest BCUT2D eigenvalue weighted by Gasteiger charge is -2.37. The van der Waals surface area contributed by atoms with Crippen molar-refractivity contribution in [1.82, 2.24) is 8.75 Å². The van der Waals surface area contributed by atoms with Crippen LogP contribution in [0.5, 0.6) is 0 Å². The van der Waals surface area contributed by atoms with Crippen LogP contribution < -0.4 is 16.0 Å². The van der Waals surface area contributed by atoms with Gasteiger partial charge in [0.25, 0.3) is 0 Å². The fourth-order valence-corrected chi connectivity index (χ4v) is 6.26. The monoisotopic (exact) mass is 501 g/mol. The van der Waals surface area contributed by atoms with Gasteiger partial charge in [0.2, 0.25) is 0 Å². The highest BCUT2D eigenvalue weighted by Gasteiger charge is 2.31. The number of nitrogens with one attached hydrogen (secondary N) is 1. The minimum atomic E-state index is 0.0713. The smallest absolute Gasteiger partial charge is 0.186 e. The van der Waals surface area contributed by atoms with Crippen molar-refractivity contribution in [1.29, 1.82) is 0 Å². The Morgan fingerprint density at radius 2 is 1.91 bits per heavy atom. The Morgan fingerprint density at radius 1 is 1.09 bits per heavy atom. The predicted molar refractivity (Wildman–Crippen MR) is 144 cm³/mol. The van der Waals surface area contributed by atoms with E-state index in [-0.39, 0.29) is 12.1 Å². The molecule has 2 aromatic rings. The highest BCUT2D eigenvalue weighted by molar-refractivity contribution is 6.99. The fraction of sp³-hybridized carbons (Fsp3) is 0.704. The molecule has 1 saturated carbocycles. The molecule has 1 saturated heterocycles. The number of methoxy groups -OCH3 is 1. The fourth-order valence-electron chi connectivity index (χ4n) is 5.73. The first-order valence-corrected chi connectivity index (χ1v) is 14.2. The summed E-state index contributed by atoms with van der Waals surface area (Å²) in [7, 11) is 1.74. The van der Waals surface area contributed by atoms with Crippen molar-refractivity contribution in [3.63, 3.8) is 0 Å². The van der Waals surface area contributed by atoms with Crippen molar-refractivity contribution in [2.45, 2.75) is 69.9 Å². The first-order valence-electron chi connectivity index (χ1n) is 13.5. The van der Waals surface area contributed by atoms with Gasteiger partial charge in [-0.1, -0.05) is 62.4 Å². The van der Waals surface area contributed by atoms with Crippen LogP contribution in [0.15, 0.2) is 30.3 Å². The summed E-state index contributed by atoms with van der Waals surface area (Å²) in [4.78, 5) is 2.41. The van der Waals surface area contributed by atoms with Gasteiger partial charge in [0.1, 0.15) is 0 Å². The Balaban J connectivity index is 1.42. The molecule has 3 N–H and O–H groups in total. The molecule has 3 atom stereocenters. The van der Waals surface area contributed by atoms with E-state index in [2.05, 4.69) is 44.9 Å². The van der Waals surface area contributed by atoms with Crippen LogP contribution in [0.3, 0.4) is 0 Å². The standard InChI is InChI=1S/C27H43N5O2S/c1-33-16-9-17-34-25(22-12-6-3-7-13-22)23-14-8-15-32(20-23)27-26(30-35-31-27)29-24(19-28)18-21-10-4-2-5-11-21/h3,6-7,12-13,21,23-25H,2,4-5,8-11,14-20,28H2,1H3,(H,29,30). The summed E-state index contributed by atoms with van der Waals surface area (Å²) in [6, 6.07) is 10.9. The van der Waals surface area contributed by atoms with E-state index in [9.17, 15) is 0 Å². The maximum Gasteiger partial charge on any atom is 0.186 e. The van der Waals surface area contributed by atoms with Crippen molar-refractivity contribution in [3.05, 3.63) is 35.9 Å². The molecule has 0 bridgehead atoms. The molecular weight excluding hydrogens is 458 g/mol. The average Bonchev–Trinajstić information content (AvgIpc) is 3.38. The molecule has 2 fully saturated rings. The Bertz CT molecular complexity index is 845. The van der Waals surface area contributed by atoms with E-state index in [0.29, 0.717) is 19.1 Å². The molecular formula is C27H43N5O2S. The minimum absolute atomic E-state index is 0.0713. The molecule has 194 valence electrons. The van der Waals surface area contributed by atoms with Gasteiger partial charge in [-0.2, -0.15) is 8.75 Å². The second-order valence-corrected chi connectivity index (χ2v) is 10.7. The van der Waals surface area contributed by atoms with Crippen LogP contribution in [0.1, 0.15) is 69.5 Å². The van der Waals surface area contributed by atoms with E-state index in [1.807, 2.05) is 0 Å². The Hall–Kier alpha value is -1.74. The predicted octanol–water partition coefficient (Wildman–Crippen LogP) is 5.26. The van der Waals surface area contributed by atoms with E-state index in [1.54, 1.807) is 7.11 Å². The second kappa shape index (κ2) is 14.1. The Morgan fingerprint density at radius 3 is 2.69 bits per heavy atom. The lowest BCUT2D eigenvalue weighted by molar-refractivity contribution is -0.00237. The second-order valence-electron chi connectivity index (χ2n) is 10.1. The van der Waals surface area contributed by atoms with Gasteiger partial charge in [0.05, 0.1) is 17.8 Å². The Kier molecular flexibility index (Phi) is 10.6. The average molecular weight is 502 g/mol. The van der Waals surface area contributed by atoms with E-state index in [1.165, 1.54) is 49.4 Å². The summed E-state index contributed by atoms with van der Waals surface area (Å²) in [5, 5.41) is 3.67. The largest absolute Gasteiger partial charge is 0.385 e. The summed E-state index contributed by atoms with van der Waals surface area (Å²) in [6.07, 6.45) is 11.1. The first-order chi connectivity index (χ1) is 17.3. The van der Waals surface area contributed by atoms with Crippen molar-refractivity contribution in [3.8, 4) is 0 Å². The molecule has 8 heteroatoms. The molecule has 3 unspecified atom stereocenters. The number of rotatable bonds is 13. The zero-order valence-corrected chi connectivity index (χ0v) is 22.1. The van der Waals surface area contributed by atoms with Gasteiger partial charge in [-0.3, -0.25) is 0 Å². The number of aromatic nitrogens is 2. The van der Waals surface area contributed by atoms with Gasteiger partial charge in [0, 0.05) is 51.9 Å². The van der Waals surface area contributed by atoms with Crippen LogP contribution in [0.25, 0.3) is 0 Å². The van der Waals surface area contributed by atoms with E-state index >= 15 is 0 Å². The van der Waals surface area contributed by atoms with E-state index < -0.39 is 0 Å². The SMILES string of the molecule is COCCCOC(c1ccccc1)C1CCCN(c2nsnc2NC(CN)CC2CCCCC2)C1. The number of anilines is 2. The number of piperidine rings is 1. The minimum Gasteiger partial charge on any atom is -0.385 e. The maximum atomic E-state index is 6.46. The molecule has 0 spiro atoms. The summed E-state index contributed by atoms with van der Waals surface area (Å²) >= 11 is 1.29. The number of nitrogens with two attached hydrogens (primary N) is 1. The third-order valence-corrected chi connectivity index (χ3v) is 8.06. The van der Waals surface area contributed by atoms with Crippen LogP contribution >= 0.6 is 11.7 Å². The summed E-state index contributed by atoms with van der Waals surface area (Å²) in [5.74, 6) is 3.06. The van der Waals surface area contributed by atoms with Crippen molar-refractivity contribution in [2.24, 2.45) is 17.6 Å². The number of ether oxygens (including phenoxy) is 2. The summed E-state index contributed by atoms with van der Waals surface area (Å²) in [6.45, 7) is 3.97. The number of hydrogen-bond acceptors (Lipinski definition) is 8. The molecule has 1 aromatic heterocycles. The summed E-state index contributed by atoms with van der Waals surface area (Å²) < 4.78 is 21.1. The summed E-state index contributed by atoms with van der Waals surface area (Å²) in [5.41, 5.74) is 7.43. The quantitative estimate of drug-likeness (QED) is 0.362. The first kappa shape index (κ1) is 26.3. The lowest BCUT2D eigenvalue weighted by Crippen LogP contribution is -2.39. The third kappa shape index (κ3) is 7.62. The van der Waals surface area contributed by atoms with Gasteiger partial charge in [-0.05, 0) is 37.2 Å². The zero-order valence-electron chi connectivity index (χ0n) is 21.2. The topological polar surface area (TPSA) is 85.5 Å². The number of benzene rings is 1. The van der Waals surface area contributed by atoms with Gasteiger partial charge in [-0.15, -0.1) is 0 Å². The lowest BCUT2D eigenvalue weighted by atomic mass is 9.85. The number of nitrogens with zero attached hydrogens (tertiary/aromatic N) is 3. The molecule has 1 aromatic carbocycles. The van der Waals surface area contributed by atoms with Gasteiger partial charge >= 0.3 is 0 Å². The van der Waals surface area contributed by atoms with E-state index in [0.717, 1.165) is 62.9 Å². The van der Waals surface area contributed by atoms with Crippen LogP contribution in [-0.2, 0) is 9.47 Å². The molecule has 2 heterocycles. The molecule has 1 aliphatic carbocycles. The van der Waals surface area contributed by atoms with E-state index in [4.69, 9.17) is 19.6 Å². The highest BCUT2D eigenvalue weighted by atomic mass is 32.1. The Labute approximate surface area is 215 Å². The molecule has 35 heavy (non-hydrogen) atoms. The van der Waals surface area contributed by atoms with Crippen LogP contribution in [0, 0.1) is 11.8 Å². The number of hydrogen-bond donors (Lipinski definition) is 2. The zero-order chi connectivity index (χ0) is 24.3. The molecule has 2 aliphatic rings. The van der Waals surface area contributed by atoms with Gasteiger partial charge in [0.15, 0.2) is 11.6 Å². The maximum absolute atomic E-state index is 6.46. The van der Waals surface area contributed by atoms with Crippen molar-refractivity contribution < 1.29 is 9.47 Å².